The topological polar surface area (TPSA) is 73.9 Å². The van der Waals surface area contributed by atoms with E-state index in [2.05, 4.69) is 26.5 Å². The molecule has 3 aromatic rings. The molecule has 5 rings (SSSR count). The average molecular weight is 519 g/mol. The van der Waals surface area contributed by atoms with Crippen LogP contribution in [0.2, 0.25) is 0 Å². The molecule has 0 unspecified atom stereocenters. The second-order valence-corrected chi connectivity index (χ2v) is 10.7. The molecule has 1 aromatic heterocycles. The fourth-order valence-electron chi connectivity index (χ4n) is 5.17. The van der Waals surface area contributed by atoms with E-state index in [0.717, 1.165) is 74.4 Å². The molecule has 2 heterocycles. The molecule has 2 aliphatic rings. The Hall–Kier alpha value is -3.36. The minimum absolute atomic E-state index is 0.0681. The molecule has 0 radical (unpaired) electrons. The molecule has 0 spiro atoms. The molecule has 2 N–H and O–H groups in total. The van der Waals surface area contributed by atoms with Crippen LogP contribution in [-0.4, -0.2) is 56.5 Å². The summed E-state index contributed by atoms with van der Waals surface area (Å²) in [6.07, 6.45) is 4.06. The molecule has 194 valence electrons. The molecular weight excluding hydrogens is 484 g/mol. The number of amides is 2. The van der Waals surface area contributed by atoms with E-state index >= 15 is 0 Å². The summed E-state index contributed by atoms with van der Waals surface area (Å²) >= 11 is 1.57. The summed E-state index contributed by atoms with van der Waals surface area (Å²) in [5.74, 6) is 0.693. The Kier molecular flexibility index (Phi) is 8.06. The third-order valence-electron chi connectivity index (χ3n) is 7.11. The van der Waals surface area contributed by atoms with Gasteiger partial charge in [-0.15, -0.1) is 11.3 Å². The Morgan fingerprint density at radius 1 is 0.946 bits per heavy atom. The zero-order chi connectivity index (χ0) is 25.6. The first-order valence-electron chi connectivity index (χ1n) is 13.0. The van der Waals surface area contributed by atoms with Crippen molar-refractivity contribution in [3.63, 3.8) is 0 Å². The van der Waals surface area contributed by atoms with Gasteiger partial charge in [-0.2, -0.15) is 0 Å². The highest BCUT2D eigenvalue weighted by molar-refractivity contribution is 7.17. The van der Waals surface area contributed by atoms with Crippen LogP contribution in [0.15, 0.2) is 54.6 Å². The van der Waals surface area contributed by atoms with Crippen LogP contribution in [0.5, 0.6) is 5.75 Å². The van der Waals surface area contributed by atoms with Crippen LogP contribution in [0.4, 0.5) is 10.7 Å². The van der Waals surface area contributed by atoms with E-state index in [1.165, 1.54) is 4.88 Å². The molecular formula is C29H34N4O3S. The van der Waals surface area contributed by atoms with Crippen molar-refractivity contribution in [3.8, 4) is 5.75 Å². The van der Waals surface area contributed by atoms with Crippen molar-refractivity contribution in [2.24, 2.45) is 0 Å². The number of benzene rings is 2. The number of carbonyl (C=O) groups excluding carboxylic acids is 2. The van der Waals surface area contributed by atoms with E-state index in [1.807, 2.05) is 48.5 Å². The van der Waals surface area contributed by atoms with Crippen molar-refractivity contribution < 1.29 is 14.3 Å². The molecule has 0 saturated carbocycles. The maximum Gasteiger partial charge on any atom is 0.254 e. The minimum Gasteiger partial charge on any atom is -0.495 e. The Balaban J connectivity index is 1.21. The Labute approximate surface area is 222 Å². The van der Waals surface area contributed by atoms with Crippen molar-refractivity contribution in [1.82, 2.24) is 10.2 Å². The number of nitrogens with zero attached hydrogens (tertiary/aromatic N) is 2. The molecule has 8 heteroatoms. The predicted octanol–water partition coefficient (Wildman–Crippen LogP) is 4.33. The van der Waals surface area contributed by atoms with Crippen molar-refractivity contribution in [3.05, 3.63) is 76.2 Å². The number of rotatable bonds is 8. The van der Waals surface area contributed by atoms with Crippen LogP contribution in [0.1, 0.15) is 39.2 Å². The number of hydrogen-bond donors (Lipinski definition) is 2. The molecule has 37 heavy (non-hydrogen) atoms. The van der Waals surface area contributed by atoms with E-state index < -0.39 is 0 Å². The summed E-state index contributed by atoms with van der Waals surface area (Å²) in [7, 11) is 1.69. The SMILES string of the molecule is COc1ccccc1N1CCN(CC(=O)Nc2sc3c(c2C(=O)NCc2ccccc2)CCCC3)CC1. The fraction of sp³-hybridized carbons (Fsp3) is 0.379. The van der Waals surface area contributed by atoms with Gasteiger partial charge in [0, 0.05) is 37.6 Å². The van der Waals surface area contributed by atoms with E-state index in [1.54, 1.807) is 18.4 Å². The summed E-state index contributed by atoms with van der Waals surface area (Å²) in [4.78, 5) is 32.1. The third-order valence-corrected chi connectivity index (χ3v) is 8.32. The van der Waals surface area contributed by atoms with E-state index in [4.69, 9.17) is 4.74 Å². The highest BCUT2D eigenvalue weighted by Crippen LogP contribution is 2.38. The van der Waals surface area contributed by atoms with Gasteiger partial charge in [-0.1, -0.05) is 42.5 Å². The average Bonchev–Trinajstić information content (AvgIpc) is 3.30. The van der Waals surface area contributed by atoms with Crippen molar-refractivity contribution in [2.45, 2.75) is 32.2 Å². The number of carbonyl (C=O) groups is 2. The van der Waals surface area contributed by atoms with Gasteiger partial charge in [0.1, 0.15) is 10.8 Å². The Bertz CT molecular complexity index is 1240. The standard InChI is InChI=1S/C29H34N4O3S/c1-36-24-13-7-6-12-23(24)33-17-15-32(16-18-33)20-26(34)31-29-27(22-11-5-8-14-25(22)37-29)28(35)30-19-21-9-3-2-4-10-21/h2-4,6-7,9-10,12-13H,5,8,11,14-20H2,1H3,(H,30,35)(H,31,34). The quantitative estimate of drug-likeness (QED) is 0.465. The van der Waals surface area contributed by atoms with Gasteiger partial charge < -0.3 is 20.3 Å². The van der Waals surface area contributed by atoms with Crippen LogP contribution in [-0.2, 0) is 24.2 Å². The van der Waals surface area contributed by atoms with Crippen LogP contribution < -0.4 is 20.3 Å². The molecule has 7 nitrogen and oxygen atoms in total. The van der Waals surface area contributed by atoms with Gasteiger partial charge in [0.2, 0.25) is 5.91 Å². The van der Waals surface area contributed by atoms with Gasteiger partial charge >= 0.3 is 0 Å². The van der Waals surface area contributed by atoms with Crippen LogP contribution in [0.25, 0.3) is 0 Å². The summed E-state index contributed by atoms with van der Waals surface area (Å²) in [6.45, 7) is 4.01. The predicted molar refractivity (Wildman–Crippen MR) is 149 cm³/mol. The number of hydrogen-bond acceptors (Lipinski definition) is 6. The second-order valence-electron chi connectivity index (χ2n) is 9.57. The molecule has 1 fully saturated rings. The third kappa shape index (κ3) is 5.97. The molecule has 2 aromatic carbocycles. The Morgan fingerprint density at radius 3 is 2.46 bits per heavy atom. The maximum absolute atomic E-state index is 13.3. The van der Waals surface area contributed by atoms with Crippen molar-refractivity contribution in [2.75, 3.05) is 50.1 Å². The monoisotopic (exact) mass is 518 g/mol. The number of para-hydroxylation sites is 2. The number of thiophene rings is 1. The summed E-state index contributed by atoms with van der Waals surface area (Å²) < 4.78 is 5.51. The molecule has 1 saturated heterocycles. The molecule has 0 atom stereocenters. The van der Waals surface area contributed by atoms with Gasteiger partial charge in [-0.25, -0.2) is 0 Å². The number of methoxy groups -OCH3 is 1. The van der Waals surface area contributed by atoms with Crippen LogP contribution in [0, 0.1) is 0 Å². The lowest BCUT2D eigenvalue weighted by atomic mass is 9.95. The van der Waals surface area contributed by atoms with E-state index in [0.29, 0.717) is 23.7 Å². The van der Waals surface area contributed by atoms with Gasteiger partial charge in [-0.3, -0.25) is 14.5 Å². The maximum atomic E-state index is 13.3. The lowest BCUT2D eigenvalue weighted by Gasteiger charge is -2.36. The fourth-order valence-corrected chi connectivity index (χ4v) is 6.47. The van der Waals surface area contributed by atoms with Gasteiger partial charge in [0.05, 0.1) is 24.9 Å². The summed E-state index contributed by atoms with van der Waals surface area (Å²) in [5.41, 5.74) is 3.91. The molecule has 2 amide bonds. The van der Waals surface area contributed by atoms with Crippen molar-refractivity contribution >= 4 is 33.8 Å². The Morgan fingerprint density at radius 2 is 1.68 bits per heavy atom. The summed E-state index contributed by atoms with van der Waals surface area (Å²) in [6, 6.07) is 17.9. The first-order chi connectivity index (χ1) is 18.1. The molecule has 0 bridgehead atoms. The minimum atomic E-state index is -0.107. The smallest absolute Gasteiger partial charge is 0.254 e. The van der Waals surface area contributed by atoms with E-state index in [-0.39, 0.29) is 11.8 Å². The number of ether oxygens (including phenoxy) is 1. The molecule has 1 aliphatic heterocycles. The van der Waals surface area contributed by atoms with E-state index in [9.17, 15) is 9.59 Å². The number of aryl methyl sites for hydroxylation is 1. The number of fused-ring (bicyclic) bond motifs is 1. The number of piperazine rings is 1. The van der Waals surface area contributed by atoms with Crippen LogP contribution in [0.3, 0.4) is 0 Å². The highest BCUT2D eigenvalue weighted by Gasteiger charge is 2.27. The lowest BCUT2D eigenvalue weighted by Crippen LogP contribution is -2.48. The van der Waals surface area contributed by atoms with Crippen molar-refractivity contribution in [1.29, 1.82) is 0 Å². The number of nitrogens with one attached hydrogen (secondary N) is 2. The normalized spacial score (nSPS) is 15.6. The molecule has 1 aliphatic carbocycles. The van der Waals surface area contributed by atoms with Gasteiger partial charge in [0.15, 0.2) is 0 Å². The number of anilines is 2. The van der Waals surface area contributed by atoms with Crippen LogP contribution >= 0.6 is 11.3 Å². The lowest BCUT2D eigenvalue weighted by molar-refractivity contribution is -0.117. The first kappa shape index (κ1) is 25.3. The van der Waals surface area contributed by atoms with Gasteiger partial charge in [0.25, 0.3) is 5.91 Å². The second kappa shape index (κ2) is 11.8. The summed E-state index contributed by atoms with van der Waals surface area (Å²) in [5, 5.41) is 6.86. The first-order valence-corrected chi connectivity index (χ1v) is 13.8. The largest absolute Gasteiger partial charge is 0.495 e. The zero-order valence-electron chi connectivity index (χ0n) is 21.3. The van der Waals surface area contributed by atoms with Gasteiger partial charge in [-0.05, 0) is 48.9 Å². The zero-order valence-corrected chi connectivity index (χ0v) is 22.1. The highest BCUT2D eigenvalue weighted by atomic mass is 32.1.